The number of hydrogen-bond acceptors (Lipinski definition) is 5. The second-order valence-corrected chi connectivity index (χ2v) is 4.29. The molecule has 1 aromatic rings. The predicted molar refractivity (Wildman–Crippen MR) is 56.0 cm³/mol. The lowest BCUT2D eigenvalue weighted by Gasteiger charge is -2.12. The predicted octanol–water partition coefficient (Wildman–Crippen LogP) is 0.850. The zero-order valence-corrected chi connectivity index (χ0v) is 9.04. The molecule has 0 aliphatic carbocycles. The van der Waals surface area contributed by atoms with Gasteiger partial charge in [0.25, 0.3) is 0 Å². The van der Waals surface area contributed by atoms with Gasteiger partial charge in [-0.15, -0.1) is 5.10 Å². The molecule has 0 aliphatic heterocycles. The fraction of sp³-hybridized carbons (Fsp3) is 0.625. The highest BCUT2D eigenvalue weighted by atomic mass is 32.1. The van der Waals surface area contributed by atoms with Crippen molar-refractivity contribution in [2.75, 3.05) is 5.32 Å². The van der Waals surface area contributed by atoms with Gasteiger partial charge in [-0.25, -0.2) is 0 Å². The summed E-state index contributed by atoms with van der Waals surface area (Å²) >= 11 is 1.14. The number of anilines is 1. The van der Waals surface area contributed by atoms with Gasteiger partial charge >= 0.3 is 0 Å². The van der Waals surface area contributed by atoms with E-state index in [0.29, 0.717) is 17.3 Å². The number of rotatable bonds is 4. The van der Waals surface area contributed by atoms with E-state index in [0.717, 1.165) is 11.5 Å². The quantitative estimate of drug-likeness (QED) is 0.778. The SMILES string of the molecule is CC(C)C[C@H](N)C(=O)Nc1cnns1. The van der Waals surface area contributed by atoms with Gasteiger partial charge in [-0.1, -0.05) is 18.3 Å². The first kappa shape index (κ1) is 11.1. The maximum Gasteiger partial charge on any atom is 0.241 e. The molecule has 78 valence electrons. The van der Waals surface area contributed by atoms with E-state index in [4.69, 9.17) is 5.73 Å². The van der Waals surface area contributed by atoms with Crippen LogP contribution in [0.2, 0.25) is 0 Å². The molecule has 0 radical (unpaired) electrons. The van der Waals surface area contributed by atoms with Gasteiger partial charge in [0.05, 0.1) is 12.2 Å². The molecule has 0 fully saturated rings. The van der Waals surface area contributed by atoms with Gasteiger partial charge in [0.2, 0.25) is 5.91 Å². The molecule has 0 aliphatic rings. The number of carbonyl (C=O) groups excluding carboxylic acids is 1. The molecule has 1 heterocycles. The van der Waals surface area contributed by atoms with Crippen molar-refractivity contribution in [1.82, 2.24) is 9.59 Å². The maximum atomic E-state index is 11.5. The van der Waals surface area contributed by atoms with Gasteiger partial charge in [-0.3, -0.25) is 4.79 Å². The lowest BCUT2D eigenvalue weighted by atomic mass is 10.0. The van der Waals surface area contributed by atoms with Crippen molar-refractivity contribution in [2.45, 2.75) is 26.3 Å². The first-order chi connectivity index (χ1) is 6.59. The minimum atomic E-state index is -0.461. The topological polar surface area (TPSA) is 80.9 Å². The standard InChI is InChI=1S/C8H14N4OS/c1-5(2)3-6(9)8(13)11-7-4-10-12-14-7/h4-6H,3,9H2,1-2H3,(H,11,13)/t6-/m0/s1. The molecule has 1 amide bonds. The van der Waals surface area contributed by atoms with Crippen molar-refractivity contribution in [3.05, 3.63) is 6.20 Å². The Hall–Kier alpha value is -1.01. The lowest BCUT2D eigenvalue weighted by molar-refractivity contribution is -0.117. The molecule has 0 spiro atoms. The van der Waals surface area contributed by atoms with Crippen LogP contribution < -0.4 is 11.1 Å². The molecule has 0 saturated heterocycles. The highest BCUT2D eigenvalue weighted by molar-refractivity contribution is 7.10. The third-order valence-electron chi connectivity index (χ3n) is 1.67. The van der Waals surface area contributed by atoms with Crippen LogP contribution in [-0.2, 0) is 4.79 Å². The molecule has 1 aromatic heterocycles. The Kier molecular flexibility index (Phi) is 3.97. The van der Waals surface area contributed by atoms with E-state index in [2.05, 4.69) is 14.9 Å². The summed E-state index contributed by atoms with van der Waals surface area (Å²) in [7, 11) is 0. The average Bonchev–Trinajstić information content (AvgIpc) is 2.55. The highest BCUT2D eigenvalue weighted by Gasteiger charge is 2.15. The van der Waals surface area contributed by atoms with E-state index in [9.17, 15) is 4.79 Å². The maximum absolute atomic E-state index is 11.5. The number of nitrogens with two attached hydrogens (primary N) is 1. The second kappa shape index (κ2) is 5.02. The van der Waals surface area contributed by atoms with E-state index in [1.807, 2.05) is 13.8 Å². The van der Waals surface area contributed by atoms with Crippen LogP contribution in [0.1, 0.15) is 20.3 Å². The Morgan fingerprint density at radius 3 is 2.93 bits per heavy atom. The van der Waals surface area contributed by atoms with Crippen molar-refractivity contribution < 1.29 is 4.79 Å². The summed E-state index contributed by atoms with van der Waals surface area (Å²) < 4.78 is 3.63. The van der Waals surface area contributed by atoms with Crippen molar-refractivity contribution in [1.29, 1.82) is 0 Å². The van der Waals surface area contributed by atoms with Gasteiger partial charge in [0, 0.05) is 11.5 Å². The number of carbonyl (C=O) groups is 1. The van der Waals surface area contributed by atoms with E-state index >= 15 is 0 Å². The van der Waals surface area contributed by atoms with E-state index in [-0.39, 0.29) is 5.91 Å². The zero-order chi connectivity index (χ0) is 10.6. The molecular formula is C8H14N4OS. The molecule has 5 nitrogen and oxygen atoms in total. The molecule has 0 aromatic carbocycles. The second-order valence-electron chi connectivity index (χ2n) is 3.51. The fourth-order valence-corrected chi connectivity index (χ4v) is 1.47. The van der Waals surface area contributed by atoms with Gasteiger partial charge in [0.15, 0.2) is 0 Å². The fourth-order valence-electron chi connectivity index (χ4n) is 1.05. The number of nitrogens with zero attached hydrogens (tertiary/aromatic N) is 2. The Morgan fingerprint density at radius 2 is 2.43 bits per heavy atom. The van der Waals surface area contributed by atoms with E-state index < -0.39 is 6.04 Å². The van der Waals surface area contributed by atoms with Crippen LogP contribution in [0.5, 0.6) is 0 Å². The largest absolute Gasteiger partial charge is 0.320 e. The number of aromatic nitrogens is 2. The first-order valence-corrected chi connectivity index (χ1v) is 5.20. The van der Waals surface area contributed by atoms with Crippen molar-refractivity contribution >= 4 is 22.4 Å². The van der Waals surface area contributed by atoms with Crippen molar-refractivity contribution in [3.63, 3.8) is 0 Å². The molecule has 6 heteroatoms. The third kappa shape index (κ3) is 3.39. The minimum absolute atomic E-state index is 0.176. The van der Waals surface area contributed by atoms with E-state index in [1.165, 1.54) is 6.20 Å². The monoisotopic (exact) mass is 214 g/mol. The van der Waals surface area contributed by atoms with Gasteiger partial charge in [0.1, 0.15) is 5.00 Å². The van der Waals surface area contributed by atoms with Crippen molar-refractivity contribution in [3.8, 4) is 0 Å². The number of hydrogen-bond donors (Lipinski definition) is 2. The van der Waals surface area contributed by atoms with E-state index in [1.54, 1.807) is 0 Å². The number of amides is 1. The van der Waals surface area contributed by atoms with Crippen LogP contribution in [-0.4, -0.2) is 21.5 Å². The molecule has 1 atom stereocenters. The zero-order valence-electron chi connectivity index (χ0n) is 8.23. The molecular weight excluding hydrogens is 200 g/mol. The Labute approximate surface area is 86.9 Å². The third-order valence-corrected chi connectivity index (χ3v) is 2.25. The van der Waals surface area contributed by atoms with Crippen LogP contribution in [0.4, 0.5) is 5.00 Å². The summed E-state index contributed by atoms with van der Waals surface area (Å²) in [6.07, 6.45) is 2.18. The van der Waals surface area contributed by atoms with Crippen LogP contribution in [0.3, 0.4) is 0 Å². The molecule has 3 N–H and O–H groups in total. The number of nitrogens with one attached hydrogen (secondary N) is 1. The van der Waals surface area contributed by atoms with Crippen LogP contribution >= 0.6 is 11.5 Å². The molecule has 14 heavy (non-hydrogen) atoms. The summed E-state index contributed by atoms with van der Waals surface area (Å²) in [5.41, 5.74) is 5.69. The Balaban J connectivity index is 2.42. The molecule has 1 rings (SSSR count). The Bertz CT molecular complexity index is 286. The van der Waals surface area contributed by atoms with Gasteiger partial charge in [-0.2, -0.15) is 0 Å². The minimum Gasteiger partial charge on any atom is -0.320 e. The van der Waals surface area contributed by atoms with Gasteiger partial charge < -0.3 is 11.1 Å². The molecule has 0 saturated carbocycles. The van der Waals surface area contributed by atoms with Crippen LogP contribution in [0.25, 0.3) is 0 Å². The summed E-state index contributed by atoms with van der Waals surface area (Å²) in [4.78, 5) is 11.5. The summed E-state index contributed by atoms with van der Waals surface area (Å²) in [6.45, 7) is 4.06. The average molecular weight is 214 g/mol. The normalized spacial score (nSPS) is 12.9. The molecule has 0 bridgehead atoms. The van der Waals surface area contributed by atoms with Crippen LogP contribution in [0.15, 0.2) is 6.20 Å². The lowest BCUT2D eigenvalue weighted by Crippen LogP contribution is -2.36. The first-order valence-electron chi connectivity index (χ1n) is 4.43. The summed E-state index contributed by atoms with van der Waals surface area (Å²) in [5.74, 6) is 0.236. The van der Waals surface area contributed by atoms with Crippen molar-refractivity contribution in [2.24, 2.45) is 11.7 Å². The van der Waals surface area contributed by atoms with Crippen LogP contribution in [0, 0.1) is 5.92 Å². The van der Waals surface area contributed by atoms with Gasteiger partial charge in [-0.05, 0) is 12.3 Å². The summed E-state index contributed by atoms with van der Waals surface area (Å²) in [5, 5.41) is 6.90. The molecule has 0 unspecified atom stereocenters. The summed E-state index contributed by atoms with van der Waals surface area (Å²) in [6, 6.07) is -0.461. The Morgan fingerprint density at radius 1 is 1.71 bits per heavy atom. The smallest absolute Gasteiger partial charge is 0.241 e. The highest BCUT2D eigenvalue weighted by Crippen LogP contribution is 2.10.